The molecular weight excluding hydrogens is 301 g/mol. The number of hydrogen-bond acceptors (Lipinski definition) is 2. The minimum atomic E-state index is 0.291. The van der Waals surface area contributed by atoms with E-state index in [9.17, 15) is 5.11 Å². The highest BCUT2D eigenvalue weighted by molar-refractivity contribution is 14.1. The highest BCUT2D eigenvalue weighted by Gasteiger charge is 2.10. The van der Waals surface area contributed by atoms with E-state index in [4.69, 9.17) is 0 Å². The molecular formula is C12H12INO. The zero-order valence-corrected chi connectivity index (χ0v) is 11.1. The predicted octanol–water partition coefficient (Wildman–Crippen LogP) is 3.47. The highest BCUT2D eigenvalue weighted by atomic mass is 127. The van der Waals surface area contributed by atoms with Crippen LogP contribution < -0.4 is 0 Å². The van der Waals surface area contributed by atoms with Crippen LogP contribution >= 0.6 is 22.6 Å². The van der Waals surface area contributed by atoms with Gasteiger partial charge in [-0.3, -0.25) is 0 Å². The summed E-state index contributed by atoms with van der Waals surface area (Å²) in [5, 5.41) is 11.0. The molecule has 3 heteroatoms. The van der Waals surface area contributed by atoms with Crippen LogP contribution in [-0.4, -0.2) is 10.1 Å². The fraction of sp³-hybridized carbons (Fsp3) is 0.250. The first kappa shape index (κ1) is 10.7. The van der Waals surface area contributed by atoms with Crippen LogP contribution in [0.4, 0.5) is 0 Å². The van der Waals surface area contributed by atoms with E-state index in [-0.39, 0.29) is 0 Å². The molecule has 2 aromatic rings. The van der Waals surface area contributed by atoms with Gasteiger partial charge >= 0.3 is 0 Å². The third-order valence-corrected chi connectivity index (χ3v) is 3.76. The Labute approximate surface area is 102 Å². The first-order valence-corrected chi connectivity index (χ1v) is 5.85. The third kappa shape index (κ3) is 1.58. The molecule has 0 saturated heterocycles. The van der Waals surface area contributed by atoms with E-state index in [1.54, 1.807) is 0 Å². The molecule has 0 aliphatic heterocycles. The van der Waals surface area contributed by atoms with Crippen molar-refractivity contribution < 1.29 is 5.11 Å². The summed E-state index contributed by atoms with van der Waals surface area (Å²) in [4.78, 5) is 4.44. The molecule has 0 fully saturated rings. The Balaban J connectivity index is 2.98. The van der Waals surface area contributed by atoms with Crippen molar-refractivity contribution in [3.05, 3.63) is 32.5 Å². The van der Waals surface area contributed by atoms with Gasteiger partial charge in [-0.2, -0.15) is 0 Å². The van der Waals surface area contributed by atoms with Gasteiger partial charge in [-0.1, -0.05) is 6.07 Å². The van der Waals surface area contributed by atoms with Crippen LogP contribution in [0.15, 0.2) is 12.1 Å². The fourth-order valence-electron chi connectivity index (χ4n) is 1.70. The minimum absolute atomic E-state index is 0.291. The largest absolute Gasteiger partial charge is 0.505 e. The van der Waals surface area contributed by atoms with Gasteiger partial charge in [-0.25, -0.2) is 4.98 Å². The van der Waals surface area contributed by atoms with Crippen LogP contribution in [0.1, 0.15) is 16.8 Å². The van der Waals surface area contributed by atoms with E-state index >= 15 is 0 Å². The van der Waals surface area contributed by atoms with E-state index in [1.165, 1.54) is 11.1 Å². The van der Waals surface area contributed by atoms with Crippen molar-refractivity contribution in [2.24, 2.45) is 0 Å². The van der Waals surface area contributed by atoms with Gasteiger partial charge in [0.15, 0.2) is 5.75 Å². The lowest BCUT2D eigenvalue weighted by Gasteiger charge is -2.10. The van der Waals surface area contributed by atoms with Gasteiger partial charge in [0.25, 0.3) is 0 Å². The molecule has 0 spiro atoms. The number of pyridine rings is 1. The zero-order chi connectivity index (χ0) is 11.2. The van der Waals surface area contributed by atoms with Crippen LogP contribution in [0, 0.1) is 24.3 Å². The Hall–Kier alpha value is -0.840. The molecule has 15 heavy (non-hydrogen) atoms. The van der Waals surface area contributed by atoms with Crippen molar-refractivity contribution >= 4 is 33.5 Å². The molecule has 0 amide bonds. The summed E-state index contributed by atoms with van der Waals surface area (Å²) in [5.74, 6) is 0.291. The van der Waals surface area contributed by atoms with E-state index in [0.29, 0.717) is 11.3 Å². The summed E-state index contributed by atoms with van der Waals surface area (Å²) in [6.45, 7) is 6.10. The Bertz CT molecular complexity index is 549. The van der Waals surface area contributed by atoms with E-state index in [1.807, 2.05) is 19.1 Å². The molecule has 1 aromatic carbocycles. The van der Waals surface area contributed by atoms with Crippen LogP contribution in [0.5, 0.6) is 5.75 Å². The predicted molar refractivity (Wildman–Crippen MR) is 70.3 cm³/mol. The summed E-state index contributed by atoms with van der Waals surface area (Å²) in [7, 11) is 0. The van der Waals surface area contributed by atoms with Gasteiger partial charge in [-0.05, 0) is 60.6 Å². The Morgan fingerprint density at radius 2 is 1.80 bits per heavy atom. The van der Waals surface area contributed by atoms with Gasteiger partial charge in [0.1, 0.15) is 5.52 Å². The fourth-order valence-corrected chi connectivity index (χ4v) is 2.13. The average molecular weight is 313 g/mol. The second-order valence-corrected chi connectivity index (χ2v) is 4.90. The number of phenols is 1. The number of fused-ring (bicyclic) bond motifs is 1. The number of aromatic nitrogens is 1. The summed E-state index contributed by atoms with van der Waals surface area (Å²) < 4.78 is 0.843. The van der Waals surface area contributed by atoms with Crippen LogP contribution in [0.3, 0.4) is 0 Å². The zero-order valence-electron chi connectivity index (χ0n) is 8.93. The number of rotatable bonds is 0. The lowest BCUT2D eigenvalue weighted by atomic mass is 10.0. The first-order valence-electron chi connectivity index (χ1n) is 4.77. The molecule has 0 radical (unpaired) electrons. The Kier molecular flexibility index (Phi) is 2.58. The number of aromatic hydroxyl groups is 1. The first-order chi connectivity index (χ1) is 7.02. The van der Waals surface area contributed by atoms with Gasteiger partial charge in [-0.15, -0.1) is 0 Å². The third-order valence-electron chi connectivity index (χ3n) is 2.89. The number of hydrogen-bond donors (Lipinski definition) is 1. The highest BCUT2D eigenvalue weighted by Crippen LogP contribution is 2.31. The van der Waals surface area contributed by atoms with E-state index < -0.39 is 0 Å². The average Bonchev–Trinajstić information content (AvgIpc) is 2.21. The van der Waals surface area contributed by atoms with E-state index in [2.05, 4.69) is 41.4 Å². The molecule has 0 saturated carbocycles. The van der Waals surface area contributed by atoms with E-state index in [0.717, 1.165) is 14.7 Å². The molecule has 78 valence electrons. The number of phenolic OH excluding ortho intramolecular Hbond substituents is 1. The second kappa shape index (κ2) is 3.63. The monoisotopic (exact) mass is 313 g/mol. The number of benzene rings is 1. The summed E-state index contributed by atoms with van der Waals surface area (Å²) in [5.41, 5.74) is 4.09. The van der Waals surface area contributed by atoms with Crippen molar-refractivity contribution in [2.45, 2.75) is 20.8 Å². The van der Waals surface area contributed by atoms with Crippen LogP contribution in [-0.2, 0) is 0 Å². The topological polar surface area (TPSA) is 33.1 Å². The molecule has 0 bridgehead atoms. The molecule has 1 N–H and O–H groups in total. The summed E-state index contributed by atoms with van der Waals surface area (Å²) in [6, 6.07) is 3.94. The maximum Gasteiger partial charge on any atom is 0.155 e. The lowest BCUT2D eigenvalue weighted by Crippen LogP contribution is -1.94. The van der Waals surface area contributed by atoms with Crippen molar-refractivity contribution in [3.8, 4) is 5.75 Å². The van der Waals surface area contributed by atoms with Crippen LogP contribution in [0.25, 0.3) is 10.9 Å². The van der Waals surface area contributed by atoms with Crippen molar-refractivity contribution in [1.82, 2.24) is 4.98 Å². The number of halogens is 1. The smallest absolute Gasteiger partial charge is 0.155 e. The van der Waals surface area contributed by atoms with Gasteiger partial charge in [0, 0.05) is 11.1 Å². The molecule has 2 rings (SSSR count). The van der Waals surface area contributed by atoms with Crippen molar-refractivity contribution in [3.63, 3.8) is 0 Å². The standard InChI is InChI=1S/C12H12INO/c1-6-7(2)9-4-5-10(13)12(15)11(9)14-8(6)3/h4-5,15H,1-3H3. The van der Waals surface area contributed by atoms with Crippen LogP contribution in [0.2, 0.25) is 0 Å². The van der Waals surface area contributed by atoms with Crippen molar-refractivity contribution in [2.75, 3.05) is 0 Å². The normalized spacial score (nSPS) is 10.9. The molecule has 1 aromatic heterocycles. The Morgan fingerprint density at radius 1 is 1.13 bits per heavy atom. The maximum atomic E-state index is 9.93. The minimum Gasteiger partial charge on any atom is -0.505 e. The second-order valence-electron chi connectivity index (χ2n) is 3.74. The Morgan fingerprint density at radius 3 is 2.47 bits per heavy atom. The molecule has 0 aliphatic carbocycles. The van der Waals surface area contributed by atoms with Gasteiger partial charge in [0.05, 0.1) is 3.57 Å². The maximum absolute atomic E-state index is 9.93. The van der Waals surface area contributed by atoms with Gasteiger partial charge in [0.2, 0.25) is 0 Å². The molecule has 0 unspecified atom stereocenters. The lowest BCUT2D eigenvalue weighted by molar-refractivity contribution is 0.476. The molecule has 0 aliphatic rings. The van der Waals surface area contributed by atoms with Gasteiger partial charge < -0.3 is 5.11 Å². The molecule has 0 atom stereocenters. The summed E-state index contributed by atoms with van der Waals surface area (Å²) >= 11 is 2.11. The quantitative estimate of drug-likeness (QED) is 0.756. The molecule has 1 heterocycles. The van der Waals surface area contributed by atoms with Crippen molar-refractivity contribution in [1.29, 1.82) is 0 Å². The summed E-state index contributed by atoms with van der Waals surface area (Å²) in [6.07, 6.45) is 0. The number of aryl methyl sites for hydroxylation is 2. The number of nitrogens with zero attached hydrogens (tertiary/aromatic N) is 1. The SMILES string of the molecule is Cc1nc2c(O)c(I)ccc2c(C)c1C. The molecule has 2 nitrogen and oxygen atoms in total.